The highest BCUT2D eigenvalue weighted by Gasteiger charge is 2.24. The van der Waals surface area contributed by atoms with Crippen molar-refractivity contribution < 1.29 is 4.74 Å². The lowest BCUT2D eigenvalue weighted by Crippen LogP contribution is -2.25. The summed E-state index contributed by atoms with van der Waals surface area (Å²) in [7, 11) is 3.55. The molecule has 0 aliphatic heterocycles. The molecule has 5 nitrogen and oxygen atoms in total. The minimum atomic E-state index is -0.0441. The second-order valence-corrected chi connectivity index (χ2v) is 5.93. The van der Waals surface area contributed by atoms with Gasteiger partial charge in [-0.05, 0) is 34.6 Å². The van der Waals surface area contributed by atoms with E-state index in [0.29, 0.717) is 0 Å². The van der Waals surface area contributed by atoms with Crippen LogP contribution in [0.1, 0.15) is 24.2 Å². The largest absolute Gasteiger partial charge is 0.496 e. The fourth-order valence-electron chi connectivity index (χ4n) is 2.13. The summed E-state index contributed by atoms with van der Waals surface area (Å²) in [5.74, 6) is 0.818. The second-order valence-electron chi connectivity index (χ2n) is 4.27. The van der Waals surface area contributed by atoms with Crippen LogP contribution in [0.25, 0.3) is 0 Å². The first kappa shape index (κ1) is 15.5. The highest BCUT2D eigenvalue weighted by atomic mass is 79.9. The Labute approximate surface area is 135 Å². The van der Waals surface area contributed by atoms with Crippen LogP contribution >= 0.6 is 31.9 Å². The molecule has 0 amide bonds. The summed E-state index contributed by atoms with van der Waals surface area (Å²) >= 11 is 6.92. The maximum absolute atomic E-state index is 5.50. The van der Waals surface area contributed by atoms with Crippen LogP contribution < -0.4 is 10.1 Å². The van der Waals surface area contributed by atoms with Crippen molar-refractivity contribution in [3.05, 3.63) is 38.5 Å². The van der Waals surface area contributed by atoms with Gasteiger partial charge in [-0.25, -0.2) is 4.68 Å². The standard InChI is InChI=1S/C13H16Br2N4O/c1-4-16-11(12-13(15)17-18-19(12)2)9-6-5-8(14)7-10(9)20-3/h5-7,11,16H,4H2,1-3H3. The summed E-state index contributed by atoms with van der Waals surface area (Å²) in [6, 6.07) is 5.95. The number of aryl methyl sites for hydroxylation is 1. The van der Waals surface area contributed by atoms with Gasteiger partial charge in [0.15, 0.2) is 4.60 Å². The van der Waals surface area contributed by atoms with Gasteiger partial charge in [0.1, 0.15) is 5.75 Å². The number of rotatable bonds is 5. The third kappa shape index (κ3) is 3.05. The molecule has 1 aromatic carbocycles. The molecule has 0 aliphatic carbocycles. The lowest BCUT2D eigenvalue weighted by Gasteiger charge is -2.21. The van der Waals surface area contributed by atoms with E-state index in [1.54, 1.807) is 11.8 Å². The molecule has 2 aromatic rings. The molecule has 0 bridgehead atoms. The predicted octanol–water partition coefficient (Wildman–Crippen LogP) is 3.05. The van der Waals surface area contributed by atoms with Gasteiger partial charge in [0.05, 0.1) is 18.8 Å². The minimum absolute atomic E-state index is 0.0441. The average Bonchev–Trinajstić information content (AvgIpc) is 2.76. The van der Waals surface area contributed by atoms with Crippen molar-refractivity contribution in [2.24, 2.45) is 7.05 Å². The number of hydrogen-bond donors (Lipinski definition) is 1. The van der Waals surface area contributed by atoms with Gasteiger partial charge >= 0.3 is 0 Å². The quantitative estimate of drug-likeness (QED) is 0.833. The minimum Gasteiger partial charge on any atom is -0.496 e. The van der Waals surface area contributed by atoms with E-state index >= 15 is 0 Å². The fourth-order valence-corrected chi connectivity index (χ4v) is 3.02. The van der Waals surface area contributed by atoms with Crippen LogP contribution in [0.3, 0.4) is 0 Å². The zero-order valence-electron chi connectivity index (χ0n) is 11.5. The Morgan fingerprint density at radius 3 is 2.70 bits per heavy atom. The van der Waals surface area contributed by atoms with Crippen LogP contribution in [0.5, 0.6) is 5.75 Å². The van der Waals surface area contributed by atoms with Gasteiger partial charge in [-0.1, -0.05) is 34.1 Å². The molecule has 1 heterocycles. The van der Waals surface area contributed by atoms with Crippen molar-refractivity contribution in [3.63, 3.8) is 0 Å². The highest BCUT2D eigenvalue weighted by molar-refractivity contribution is 9.10. The Kier molecular flexibility index (Phi) is 5.17. The molecule has 0 saturated heterocycles. The third-order valence-corrected chi connectivity index (χ3v) is 4.07. The second kappa shape index (κ2) is 6.69. The van der Waals surface area contributed by atoms with Gasteiger partial charge in [0.25, 0.3) is 0 Å². The average molecular weight is 404 g/mol. The third-order valence-electron chi connectivity index (χ3n) is 3.01. The number of ether oxygens (including phenoxy) is 1. The number of nitrogens with zero attached hydrogens (tertiary/aromatic N) is 3. The number of hydrogen-bond acceptors (Lipinski definition) is 4. The molecule has 0 aliphatic rings. The molecule has 0 radical (unpaired) electrons. The molecule has 20 heavy (non-hydrogen) atoms. The van der Waals surface area contributed by atoms with Crippen LogP contribution in [0.2, 0.25) is 0 Å². The van der Waals surface area contributed by atoms with Crippen molar-refractivity contribution in [3.8, 4) is 5.75 Å². The van der Waals surface area contributed by atoms with Crippen LogP contribution in [0.15, 0.2) is 27.3 Å². The van der Waals surface area contributed by atoms with Gasteiger partial charge < -0.3 is 10.1 Å². The molecule has 2 rings (SSSR count). The monoisotopic (exact) mass is 402 g/mol. The number of aromatic nitrogens is 3. The Morgan fingerprint density at radius 2 is 2.15 bits per heavy atom. The molecule has 1 aromatic heterocycles. The first-order chi connectivity index (χ1) is 9.58. The summed E-state index contributed by atoms with van der Waals surface area (Å²) < 4.78 is 8.97. The maximum atomic E-state index is 5.50. The Balaban J connectivity index is 2.54. The van der Waals surface area contributed by atoms with Gasteiger partial charge in [-0.3, -0.25) is 0 Å². The number of halogens is 2. The van der Waals surface area contributed by atoms with Gasteiger partial charge in [0, 0.05) is 17.1 Å². The van der Waals surface area contributed by atoms with Crippen molar-refractivity contribution in [2.75, 3.05) is 13.7 Å². The zero-order valence-corrected chi connectivity index (χ0v) is 14.7. The topological polar surface area (TPSA) is 52.0 Å². The first-order valence-corrected chi connectivity index (χ1v) is 7.79. The SMILES string of the molecule is CCNC(c1ccc(Br)cc1OC)c1c(Br)nnn1C. The molecular weight excluding hydrogens is 388 g/mol. The van der Waals surface area contributed by atoms with Crippen molar-refractivity contribution in [1.82, 2.24) is 20.3 Å². The molecule has 7 heteroatoms. The molecule has 1 atom stereocenters. The molecular formula is C13H16Br2N4O. The Bertz CT molecular complexity index is 581. The van der Waals surface area contributed by atoms with Crippen molar-refractivity contribution in [2.45, 2.75) is 13.0 Å². The van der Waals surface area contributed by atoms with Gasteiger partial charge in [-0.2, -0.15) is 0 Å². The van der Waals surface area contributed by atoms with Crippen LogP contribution in [0.4, 0.5) is 0 Å². The molecule has 0 saturated carbocycles. The normalized spacial score (nSPS) is 12.4. The first-order valence-electron chi connectivity index (χ1n) is 6.20. The van der Waals surface area contributed by atoms with E-state index in [4.69, 9.17) is 4.74 Å². The van der Waals surface area contributed by atoms with E-state index in [1.807, 2.05) is 25.2 Å². The zero-order chi connectivity index (χ0) is 14.7. The summed E-state index contributed by atoms with van der Waals surface area (Å²) in [4.78, 5) is 0. The smallest absolute Gasteiger partial charge is 0.153 e. The van der Waals surface area contributed by atoms with E-state index in [-0.39, 0.29) is 6.04 Å². The summed E-state index contributed by atoms with van der Waals surface area (Å²) in [5, 5.41) is 11.6. The molecule has 108 valence electrons. The number of methoxy groups -OCH3 is 1. The predicted molar refractivity (Wildman–Crippen MR) is 84.9 cm³/mol. The number of nitrogens with one attached hydrogen (secondary N) is 1. The van der Waals surface area contributed by atoms with Crippen LogP contribution in [0, 0.1) is 0 Å². The van der Waals surface area contributed by atoms with Gasteiger partial charge in [-0.15, -0.1) is 5.10 Å². The van der Waals surface area contributed by atoms with Crippen LogP contribution in [-0.4, -0.2) is 28.6 Å². The summed E-state index contributed by atoms with van der Waals surface area (Å²) in [6.45, 7) is 2.89. The van der Waals surface area contributed by atoms with E-state index in [1.165, 1.54) is 0 Å². The van der Waals surface area contributed by atoms with Crippen LogP contribution in [-0.2, 0) is 7.05 Å². The van der Waals surface area contributed by atoms with Crippen molar-refractivity contribution >= 4 is 31.9 Å². The lowest BCUT2D eigenvalue weighted by molar-refractivity contribution is 0.402. The maximum Gasteiger partial charge on any atom is 0.153 e. The highest BCUT2D eigenvalue weighted by Crippen LogP contribution is 2.34. The Morgan fingerprint density at radius 1 is 1.40 bits per heavy atom. The van der Waals surface area contributed by atoms with Crippen molar-refractivity contribution in [1.29, 1.82) is 0 Å². The number of benzene rings is 1. The van der Waals surface area contributed by atoms with Gasteiger partial charge in [0.2, 0.25) is 0 Å². The lowest BCUT2D eigenvalue weighted by atomic mass is 10.0. The molecule has 0 spiro atoms. The molecule has 1 N–H and O–H groups in total. The van der Waals surface area contributed by atoms with E-state index < -0.39 is 0 Å². The Hall–Kier alpha value is -0.920. The fraction of sp³-hybridized carbons (Fsp3) is 0.385. The summed E-state index contributed by atoms with van der Waals surface area (Å²) in [6.07, 6.45) is 0. The summed E-state index contributed by atoms with van der Waals surface area (Å²) in [5.41, 5.74) is 2.01. The van der Waals surface area contributed by atoms with E-state index in [9.17, 15) is 0 Å². The molecule has 0 fully saturated rings. The molecule has 1 unspecified atom stereocenters. The van der Waals surface area contributed by atoms with E-state index in [2.05, 4.69) is 54.4 Å². The van der Waals surface area contributed by atoms with E-state index in [0.717, 1.165) is 32.6 Å².